The van der Waals surface area contributed by atoms with Crippen LogP contribution in [0.3, 0.4) is 0 Å². The van der Waals surface area contributed by atoms with E-state index in [4.69, 9.17) is 0 Å². The normalized spacial score (nSPS) is 15.8. The summed E-state index contributed by atoms with van der Waals surface area (Å²) in [6, 6.07) is 3.68. The maximum Gasteiger partial charge on any atom is 0.255 e. The Kier molecular flexibility index (Phi) is 3.80. The van der Waals surface area contributed by atoms with E-state index in [9.17, 15) is 4.79 Å². The van der Waals surface area contributed by atoms with Gasteiger partial charge in [0.25, 0.3) is 5.91 Å². The summed E-state index contributed by atoms with van der Waals surface area (Å²) in [6.07, 6.45) is 5.78. The quantitative estimate of drug-likeness (QED) is 0.923. The minimum Gasteiger partial charge on any atom is -0.344 e. The Morgan fingerprint density at radius 2 is 2.24 bits per heavy atom. The highest BCUT2D eigenvalue weighted by Crippen LogP contribution is 2.40. The highest BCUT2D eigenvalue weighted by atomic mass is 79.9. The smallest absolute Gasteiger partial charge is 0.255 e. The molecular weight excluding hydrogens is 332 g/mol. The molecule has 1 atom stereocenters. The van der Waals surface area contributed by atoms with E-state index in [-0.39, 0.29) is 11.9 Å². The fourth-order valence-corrected chi connectivity index (χ4v) is 2.57. The molecule has 1 aliphatic rings. The van der Waals surface area contributed by atoms with Crippen molar-refractivity contribution < 1.29 is 4.79 Å². The molecule has 1 saturated carbocycles. The van der Waals surface area contributed by atoms with Crippen LogP contribution in [0, 0.1) is 0 Å². The minimum absolute atomic E-state index is 0.0813. The molecule has 0 bridgehead atoms. The number of rotatable bonds is 4. The van der Waals surface area contributed by atoms with Crippen molar-refractivity contribution in [2.45, 2.75) is 31.7 Å². The molecule has 1 unspecified atom stereocenters. The van der Waals surface area contributed by atoms with Crippen LogP contribution in [0.15, 0.2) is 29.0 Å². The number of aromatic nitrogens is 3. The van der Waals surface area contributed by atoms with E-state index >= 15 is 0 Å². The summed E-state index contributed by atoms with van der Waals surface area (Å²) in [5.41, 5.74) is 2.44. The first kappa shape index (κ1) is 14.3. The Hall–Kier alpha value is -1.69. The first-order valence-corrected chi connectivity index (χ1v) is 7.79. The van der Waals surface area contributed by atoms with E-state index in [2.05, 4.69) is 31.3 Å². The molecule has 3 rings (SSSR count). The summed E-state index contributed by atoms with van der Waals surface area (Å²) in [4.78, 5) is 16.8. The molecule has 5 nitrogen and oxygen atoms in total. The number of amides is 1. The van der Waals surface area contributed by atoms with Crippen molar-refractivity contribution in [3.05, 3.63) is 46.0 Å². The van der Waals surface area contributed by atoms with Gasteiger partial charge in [-0.1, -0.05) is 0 Å². The van der Waals surface area contributed by atoms with Crippen LogP contribution in [0.25, 0.3) is 0 Å². The average molecular weight is 349 g/mol. The van der Waals surface area contributed by atoms with Crippen LogP contribution >= 0.6 is 15.9 Å². The molecule has 1 fully saturated rings. The highest BCUT2D eigenvalue weighted by molar-refractivity contribution is 9.10. The van der Waals surface area contributed by atoms with Crippen molar-refractivity contribution >= 4 is 21.8 Å². The number of carbonyl (C=O) groups excluding carboxylic acids is 1. The van der Waals surface area contributed by atoms with E-state index in [1.807, 2.05) is 26.1 Å². The molecule has 21 heavy (non-hydrogen) atoms. The van der Waals surface area contributed by atoms with Gasteiger partial charge in [0.15, 0.2) is 0 Å². The van der Waals surface area contributed by atoms with Crippen LogP contribution in [0.4, 0.5) is 0 Å². The van der Waals surface area contributed by atoms with Crippen molar-refractivity contribution in [3.63, 3.8) is 0 Å². The second-order valence-corrected chi connectivity index (χ2v) is 6.39. The molecular formula is C15H17BrN4O. The van der Waals surface area contributed by atoms with Crippen LogP contribution in [-0.2, 0) is 7.05 Å². The molecule has 2 aromatic rings. The third-order valence-electron chi connectivity index (χ3n) is 3.61. The molecule has 0 aliphatic heterocycles. The van der Waals surface area contributed by atoms with Crippen molar-refractivity contribution in [1.29, 1.82) is 0 Å². The first-order chi connectivity index (χ1) is 10.0. The van der Waals surface area contributed by atoms with E-state index < -0.39 is 0 Å². The van der Waals surface area contributed by atoms with E-state index in [0.717, 1.165) is 28.7 Å². The maximum absolute atomic E-state index is 12.5. The Labute approximate surface area is 131 Å². The zero-order valence-electron chi connectivity index (χ0n) is 12.0. The first-order valence-electron chi connectivity index (χ1n) is 7.00. The van der Waals surface area contributed by atoms with Gasteiger partial charge in [0.2, 0.25) is 0 Å². The maximum atomic E-state index is 12.5. The Bertz CT molecular complexity index is 661. The number of hydrogen-bond donors (Lipinski definition) is 1. The van der Waals surface area contributed by atoms with Gasteiger partial charge in [-0.05, 0) is 47.8 Å². The van der Waals surface area contributed by atoms with Gasteiger partial charge in [0.05, 0.1) is 23.0 Å². The summed E-state index contributed by atoms with van der Waals surface area (Å²) in [7, 11) is 1.85. The number of nitrogens with zero attached hydrogens (tertiary/aromatic N) is 3. The lowest BCUT2D eigenvalue weighted by Gasteiger charge is -2.13. The summed E-state index contributed by atoms with van der Waals surface area (Å²) in [6.45, 7) is 1.93. The largest absolute Gasteiger partial charge is 0.344 e. The summed E-state index contributed by atoms with van der Waals surface area (Å²) >= 11 is 3.36. The molecule has 1 N–H and O–H groups in total. The van der Waals surface area contributed by atoms with E-state index in [1.54, 1.807) is 17.1 Å². The van der Waals surface area contributed by atoms with Gasteiger partial charge in [-0.2, -0.15) is 5.10 Å². The third-order valence-corrected chi connectivity index (χ3v) is 4.08. The van der Waals surface area contributed by atoms with Crippen LogP contribution < -0.4 is 5.32 Å². The SMILES string of the molecule is CC(NC(=O)c1cn(C)nc1C1CC1)c1ccc(Br)cn1. The number of nitrogens with one attached hydrogen (secondary N) is 1. The molecule has 1 amide bonds. The minimum atomic E-state index is -0.141. The highest BCUT2D eigenvalue weighted by Gasteiger charge is 2.31. The predicted octanol–water partition coefficient (Wildman–Crippen LogP) is 2.95. The van der Waals surface area contributed by atoms with Gasteiger partial charge >= 0.3 is 0 Å². The van der Waals surface area contributed by atoms with Crippen LogP contribution in [0.5, 0.6) is 0 Å². The van der Waals surface area contributed by atoms with Crippen molar-refractivity contribution in [3.8, 4) is 0 Å². The summed E-state index contributed by atoms with van der Waals surface area (Å²) < 4.78 is 2.64. The second-order valence-electron chi connectivity index (χ2n) is 5.47. The van der Waals surface area contributed by atoms with Crippen molar-refractivity contribution in [2.24, 2.45) is 7.05 Å². The lowest BCUT2D eigenvalue weighted by molar-refractivity contribution is 0.0938. The monoisotopic (exact) mass is 348 g/mol. The van der Waals surface area contributed by atoms with Crippen molar-refractivity contribution in [2.75, 3.05) is 0 Å². The lowest BCUT2D eigenvalue weighted by atomic mass is 10.1. The van der Waals surface area contributed by atoms with Crippen LogP contribution in [-0.4, -0.2) is 20.7 Å². The number of halogens is 1. The molecule has 6 heteroatoms. The predicted molar refractivity (Wildman–Crippen MR) is 83.0 cm³/mol. The van der Waals surface area contributed by atoms with Gasteiger partial charge in [-0.25, -0.2) is 0 Å². The molecule has 0 spiro atoms. The molecule has 0 aromatic carbocycles. The van der Waals surface area contributed by atoms with E-state index in [1.165, 1.54) is 0 Å². The third kappa shape index (κ3) is 3.15. The van der Waals surface area contributed by atoms with Gasteiger partial charge in [0.1, 0.15) is 0 Å². The van der Waals surface area contributed by atoms with Crippen LogP contribution in [0.2, 0.25) is 0 Å². The fourth-order valence-electron chi connectivity index (χ4n) is 2.33. The van der Waals surface area contributed by atoms with Gasteiger partial charge < -0.3 is 5.32 Å². The fraction of sp³-hybridized carbons (Fsp3) is 0.400. The molecule has 0 saturated heterocycles. The Balaban J connectivity index is 1.75. The topological polar surface area (TPSA) is 59.8 Å². The van der Waals surface area contributed by atoms with Gasteiger partial charge in [-0.15, -0.1) is 0 Å². The molecule has 1 aliphatic carbocycles. The Morgan fingerprint density at radius 3 is 2.86 bits per heavy atom. The van der Waals surface area contributed by atoms with Gasteiger partial charge in [-0.3, -0.25) is 14.5 Å². The standard InChI is InChI=1S/C15H17BrN4O/c1-9(13-6-5-11(16)7-17-13)18-15(21)12-8-20(2)19-14(12)10-3-4-10/h5-10H,3-4H2,1-2H3,(H,18,21). The summed E-state index contributed by atoms with van der Waals surface area (Å²) in [5, 5.41) is 7.42. The molecule has 0 radical (unpaired) electrons. The number of carbonyl (C=O) groups is 1. The number of pyridine rings is 1. The zero-order chi connectivity index (χ0) is 15.0. The summed E-state index contributed by atoms with van der Waals surface area (Å²) in [5.74, 6) is 0.371. The molecule has 110 valence electrons. The molecule has 2 heterocycles. The second kappa shape index (κ2) is 5.60. The number of aryl methyl sites for hydroxylation is 1. The number of hydrogen-bond acceptors (Lipinski definition) is 3. The van der Waals surface area contributed by atoms with Crippen molar-refractivity contribution in [1.82, 2.24) is 20.1 Å². The Morgan fingerprint density at radius 1 is 1.48 bits per heavy atom. The van der Waals surface area contributed by atoms with Gasteiger partial charge in [0, 0.05) is 29.8 Å². The zero-order valence-corrected chi connectivity index (χ0v) is 13.6. The van der Waals surface area contributed by atoms with Crippen LogP contribution in [0.1, 0.15) is 53.5 Å². The average Bonchev–Trinajstić information content (AvgIpc) is 3.22. The lowest BCUT2D eigenvalue weighted by Crippen LogP contribution is -2.27. The molecule has 2 aromatic heterocycles. The van der Waals surface area contributed by atoms with E-state index in [0.29, 0.717) is 11.5 Å².